The minimum Gasteiger partial charge on any atom is -0.237 e. The van der Waals surface area contributed by atoms with Gasteiger partial charge in [-0.25, -0.2) is 4.98 Å². The van der Waals surface area contributed by atoms with E-state index in [2.05, 4.69) is 4.98 Å². The fraction of sp³-hybridized carbons (Fsp3) is 0.154. The predicted molar refractivity (Wildman–Crippen MR) is 72.4 cm³/mol. The van der Waals surface area contributed by atoms with E-state index in [9.17, 15) is 26.3 Å². The van der Waals surface area contributed by atoms with Crippen LogP contribution < -0.4 is 0 Å². The molecule has 0 bridgehead atoms. The molecule has 1 aromatic heterocycles. The maximum absolute atomic E-state index is 12.9. The lowest BCUT2D eigenvalue weighted by Gasteiger charge is -2.13. The molecule has 0 saturated heterocycles. The molecule has 2 rings (SSSR count). The molecule has 0 spiro atoms. The predicted octanol–water partition coefficient (Wildman–Crippen LogP) is 5.39. The van der Waals surface area contributed by atoms with Gasteiger partial charge in [-0.05, 0) is 52.4 Å². The van der Waals surface area contributed by atoms with Gasteiger partial charge in [0.25, 0.3) is 0 Å². The van der Waals surface area contributed by atoms with Crippen LogP contribution in [-0.4, -0.2) is 4.98 Å². The summed E-state index contributed by atoms with van der Waals surface area (Å²) in [5, 5.41) is 0. The summed E-state index contributed by atoms with van der Waals surface area (Å²) in [6.45, 7) is 0. The van der Waals surface area contributed by atoms with E-state index >= 15 is 0 Å². The van der Waals surface area contributed by atoms with Crippen molar-refractivity contribution in [3.05, 3.63) is 51.4 Å². The van der Waals surface area contributed by atoms with E-state index in [0.29, 0.717) is 0 Å². The summed E-state index contributed by atoms with van der Waals surface area (Å²) in [5.74, 6) is 0. The smallest absolute Gasteiger partial charge is 0.237 e. The number of aromatic nitrogens is 1. The molecule has 0 unspecified atom stereocenters. The van der Waals surface area contributed by atoms with Gasteiger partial charge < -0.3 is 0 Å². The Morgan fingerprint density at radius 2 is 1.33 bits per heavy atom. The number of hydrogen-bond acceptors (Lipinski definition) is 1. The number of alkyl halides is 6. The lowest BCUT2D eigenvalue weighted by Crippen LogP contribution is -2.11. The summed E-state index contributed by atoms with van der Waals surface area (Å²) < 4.78 is 76.3. The van der Waals surface area contributed by atoms with Crippen LogP contribution in [0.3, 0.4) is 0 Å². The minimum atomic E-state index is -4.68. The maximum Gasteiger partial charge on any atom is 0.434 e. The van der Waals surface area contributed by atoms with Crippen LogP contribution in [0.4, 0.5) is 26.3 Å². The Balaban J connectivity index is 2.52. The second-order valence-corrected chi connectivity index (χ2v) is 5.21. The molecule has 0 aliphatic heterocycles. The molecule has 0 saturated carbocycles. The van der Waals surface area contributed by atoms with Crippen LogP contribution in [0.25, 0.3) is 11.1 Å². The van der Waals surface area contributed by atoms with Gasteiger partial charge in [0.1, 0.15) is 3.70 Å². The number of halogens is 7. The van der Waals surface area contributed by atoms with E-state index in [0.717, 1.165) is 24.3 Å². The van der Waals surface area contributed by atoms with Crippen LogP contribution in [-0.2, 0) is 12.4 Å². The second-order valence-electron chi connectivity index (χ2n) is 4.10. The van der Waals surface area contributed by atoms with Gasteiger partial charge in [0, 0.05) is 5.56 Å². The molecule has 0 atom stereocenters. The first-order valence-corrected chi connectivity index (χ1v) is 6.58. The van der Waals surface area contributed by atoms with E-state index < -0.39 is 23.6 Å². The Morgan fingerprint density at radius 1 is 0.762 bits per heavy atom. The van der Waals surface area contributed by atoms with Crippen LogP contribution >= 0.6 is 22.6 Å². The molecule has 0 aliphatic carbocycles. The summed E-state index contributed by atoms with van der Waals surface area (Å²) in [5.41, 5.74) is -2.26. The van der Waals surface area contributed by atoms with Crippen molar-refractivity contribution >= 4 is 22.6 Å². The van der Waals surface area contributed by atoms with Crippen molar-refractivity contribution in [1.29, 1.82) is 0 Å². The number of nitrogens with zero attached hydrogens (tertiary/aromatic N) is 1. The topological polar surface area (TPSA) is 12.9 Å². The number of hydrogen-bond donors (Lipinski definition) is 0. The van der Waals surface area contributed by atoms with Crippen molar-refractivity contribution in [3.63, 3.8) is 0 Å². The molecule has 0 amide bonds. The first kappa shape index (κ1) is 16.1. The third kappa shape index (κ3) is 3.66. The summed E-state index contributed by atoms with van der Waals surface area (Å²) in [6.07, 6.45) is -9.21. The summed E-state index contributed by atoms with van der Waals surface area (Å²) in [7, 11) is 0. The Labute approximate surface area is 129 Å². The number of benzene rings is 1. The van der Waals surface area contributed by atoms with Gasteiger partial charge in [-0.3, -0.25) is 0 Å². The van der Waals surface area contributed by atoms with Crippen molar-refractivity contribution in [3.8, 4) is 11.1 Å². The van der Waals surface area contributed by atoms with Gasteiger partial charge in [0.15, 0.2) is 5.69 Å². The molecule has 0 radical (unpaired) electrons. The highest BCUT2D eigenvalue weighted by Gasteiger charge is 2.36. The summed E-state index contributed by atoms with van der Waals surface area (Å²) in [6, 6.07) is 6.05. The zero-order valence-electron chi connectivity index (χ0n) is 10.1. The third-order valence-electron chi connectivity index (χ3n) is 2.65. The Hall–Kier alpha value is -1.32. The molecule has 0 N–H and O–H groups in total. The molecule has 2 aromatic rings. The molecule has 1 aromatic carbocycles. The summed E-state index contributed by atoms with van der Waals surface area (Å²) in [4.78, 5) is 3.43. The first-order valence-electron chi connectivity index (χ1n) is 5.50. The van der Waals surface area contributed by atoms with Crippen molar-refractivity contribution < 1.29 is 26.3 Å². The van der Waals surface area contributed by atoms with Crippen LogP contribution in [0, 0.1) is 3.70 Å². The average Bonchev–Trinajstić information content (AvgIpc) is 2.37. The summed E-state index contributed by atoms with van der Waals surface area (Å²) >= 11 is 1.64. The highest BCUT2D eigenvalue weighted by molar-refractivity contribution is 14.1. The highest BCUT2D eigenvalue weighted by atomic mass is 127. The zero-order valence-corrected chi connectivity index (χ0v) is 12.2. The van der Waals surface area contributed by atoms with Crippen LogP contribution in [0.5, 0.6) is 0 Å². The molecule has 1 heterocycles. The molecular weight excluding hydrogens is 411 g/mol. The van der Waals surface area contributed by atoms with Crippen molar-refractivity contribution in [2.75, 3.05) is 0 Å². The van der Waals surface area contributed by atoms with E-state index in [1.54, 1.807) is 22.6 Å². The highest BCUT2D eigenvalue weighted by Crippen LogP contribution is 2.37. The first-order chi connectivity index (χ1) is 9.59. The number of pyridine rings is 1. The van der Waals surface area contributed by atoms with Gasteiger partial charge >= 0.3 is 12.4 Å². The monoisotopic (exact) mass is 417 g/mol. The standard InChI is InChI=1S/C13H6F6IN/c14-12(15,16)8-3-1-7(2-4-8)9-5-6-10(20)21-11(9)13(17,18)19/h1-6H. The molecule has 8 heteroatoms. The van der Waals surface area contributed by atoms with Gasteiger partial charge in [-0.1, -0.05) is 12.1 Å². The molecule has 0 aliphatic rings. The molecule has 112 valence electrons. The maximum atomic E-state index is 12.9. The van der Waals surface area contributed by atoms with Crippen molar-refractivity contribution in [2.24, 2.45) is 0 Å². The van der Waals surface area contributed by atoms with Gasteiger partial charge in [-0.15, -0.1) is 0 Å². The molecule has 21 heavy (non-hydrogen) atoms. The fourth-order valence-corrected chi connectivity index (χ4v) is 2.14. The lowest BCUT2D eigenvalue weighted by molar-refractivity contribution is -0.141. The molecule has 1 nitrogen and oxygen atoms in total. The molecular formula is C13H6F6IN. The van der Waals surface area contributed by atoms with Gasteiger partial charge in [-0.2, -0.15) is 26.3 Å². The van der Waals surface area contributed by atoms with Crippen LogP contribution in [0.1, 0.15) is 11.3 Å². The van der Waals surface area contributed by atoms with E-state index in [4.69, 9.17) is 0 Å². The fourth-order valence-electron chi connectivity index (χ4n) is 1.72. The average molecular weight is 417 g/mol. The van der Waals surface area contributed by atoms with E-state index in [-0.39, 0.29) is 14.8 Å². The van der Waals surface area contributed by atoms with Gasteiger partial charge in [0.2, 0.25) is 0 Å². The Bertz CT molecular complexity index is 645. The lowest BCUT2D eigenvalue weighted by atomic mass is 10.0. The van der Waals surface area contributed by atoms with E-state index in [1.165, 1.54) is 12.1 Å². The van der Waals surface area contributed by atoms with Crippen molar-refractivity contribution in [2.45, 2.75) is 12.4 Å². The minimum absolute atomic E-state index is 0.0271. The number of rotatable bonds is 1. The van der Waals surface area contributed by atoms with Crippen molar-refractivity contribution in [1.82, 2.24) is 4.98 Å². The third-order valence-corrected chi connectivity index (χ3v) is 3.25. The zero-order chi connectivity index (χ0) is 15.8. The van der Waals surface area contributed by atoms with Gasteiger partial charge in [0.05, 0.1) is 5.56 Å². The largest absolute Gasteiger partial charge is 0.434 e. The SMILES string of the molecule is FC(F)(F)c1ccc(-c2ccc(I)nc2C(F)(F)F)cc1. The quantitative estimate of drug-likeness (QED) is 0.345. The normalized spacial score (nSPS) is 12.5. The Morgan fingerprint density at radius 3 is 1.81 bits per heavy atom. The van der Waals surface area contributed by atoms with E-state index in [1.807, 2.05) is 0 Å². The Kier molecular flexibility index (Phi) is 4.18. The molecule has 0 fully saturated rings. The van der Waals surface area contributed by atoms with Crippen LogP contribution in [0.2, 0.25) is 0 Å². The second kappa shape index (κ2) is 5.47. The van der Waals surface area contributed by atoms with Crippen LogP contribution in [0.15, 0.2) is 36.4 Å².